The monoisotopic (exact) mass is 259 g/mol. The highest BCUT2D eigenvalue weighted by Crippen LogP contribution is 2.23. The van der Waals surface area contributed by atoms with Crippen molar-refractivity contribution >= 4 is 23.2 Å². The van der Waals surface area contributed by atoms with Gasteiger partial charge in [0.25, 0.3) is 0 Å². The molecule has 1 aromatic carbocycles. The molecular weight excluding hydrogens is 252 g/mol. The Balaban J connectivity index is 2.50. The van der Waals surface area contributed by atoms with Crippen molar-refractivity contribution in [2.75, 3.05) is 0 Å². The minimum Gasteiger partial charge on any atom is -0.313 e. The topological polar surface area (TPSA) is 30.7 Å². The number of halogens is 3. The van der Waals surface area contributed by atoms with Crippen LogP contribution in [0.3, 0.4) is 0 Å². The minimum atomic E-state index is -0.477. The first-order chi connectivity index (χ1) is 7.63. The number of hydrogen-bond acceptors (Lipinski definition) is 2. The molecule has 1 aromatic heterocycles. The van der Waals surface area contributed by atoms with Crippen molar-refractivity contribution in [3.05, 3.63) is 34.9 Å². The maximum Gasteiger partial charge on any atom is 0.163 e. The molecule has 0 saturated heterocycles. The van der Waals surface area contributed by atoms with Gasteiger partial charge in [-0.2, -0.15) is 0 Å². The van der Waals surface area contributed by atoms with Crippen molar-refractivity contribution in [3.63, 3.8) is 0 Å². The third kappa shape index (κ3) is 1.90. The smallest absolute Gasteiger partial charge is 0.163 e. The Morgan fingerprint density at radius 1 is 1.38 bits per heavy atom. The van der Waals surface area contributed by atoms with E-state index in [0.29, 0.717) is 17.2 Å². The summed E-state index contributed by atoms with van der Waals surface area (Å²) in [6.45, 7) is 0. The molecule has 0 radical (unpaired) electrons. The van der Waals surface area contributed by atoms with Crippen LogP contribution >= 0.6 is 23.2 Å². The van der Waals surface area contributed by atoms with Crippen LogP contribution < -0.4 is 0 Å². The number of alkyl halides is 1. The van der Waals surface area contributed by atoms with Gasteiger partial charge in [-0.15, -0.1) is 21.8 Å². The molecule has 84 valence electrons. The van der Waals surface area contributed by atoms with Crippen molar-refractivity contribution in [1.82, 2.24) is 14.8 Å². The summed E-state index contributed by atoms with van der Waals surface area (Å²) in [4.78, 5) is 0. The SMILES string of the molecule is Cn1c(CCl)nnc1-c1ccc(Cl)c(F)c1. The van der Waals surface area contributed by atoms with Crippen LogP contribution in [0.4, 0.5) is 4.39 Å². The Morgan fingerprint density at radius 2 is 2.12 bits per heavy atom. The van der Waals surface area contributed by atoms with Crippen LogP contribution in [0.5, 0.6) is 0 Å². The van der Waals surface area contributed by atoms with Crippen LogP contribution in [0.1, 0.15) is 5.82 Å². The maximum absolute atomic E-state index is 13.3. The van der Waals surface area contributed by atoms with Gasteiger partial charge < -0.3 is 4.57 Å². The van der Waals surface area contributed by atoms with Crippen LogP contribution in [0, 0.1) is 5.82 Å². The lowest BCUT2D eigenvalue weighted by Gasteiger charge is -2.03. The first-order valence-corrected chi connectivity index (χ1v) is 5.44. The zero-order chi connectivity index (χ0) is 11.7. The first-order valence-electron chi connectivity index (χ1n) is 4.53. The summed E-state index contributed by atoms with van der Waals surface area (Å²) in [5.74, 6) is 0.979. The number of hydrogen-bond donors (Lipinski definition) is 0. The van der Waals surface area contributed by atoms with E-state index in [1.54, 1.807) is 17.7 Å². The molecule has 0 saturated carbocycles. The zero-order valence-corrected chi connectivity index (χ0v) is 9.93. The van der Waals surface area contributed by atoms with Crippen molar-refractivity contribution in [3.8, 4) is 11.4 Å². The molecule has 0 aliphatic heterocycles. The Kier molecular flexibility index (Phi) is 3.12. The molecule has 0 spiro atoms. The fraction of sp³-hybridized carbons (Fsp3) is 0.200. The van der Waals surface area contributed by atoms with Gasteiger partial charge in [0.1, 0.15) is 11.6 Å². The van der Waals surface area contributed by atoms with Gasteiger partial charge in [0.15, 0.2) is 5.82 Å². The molecule has 1 heterocycles. The van der Waals surface area contributed by atoms with E-state index in [9.17, 15) is 4.39 Å². The normalized spacial score (nSPS) is 10.8. The molecule has 0 unspecified atom stereocenters. The molecule has 0 fully saturated rings. The summed E-state index contributed by atoms with van der Waals surface area (Å²) >= 11 is 11.3. The van der Waals surface area contributed by atoms with Crippen molar-refractivity contribution < 1.29 is 4.39 Å². The van der Waals surface area contributed by atoms with Crippen LogP contribution in [-0.4, -0.2) is 14.8 Å². The van der Waals surface area contributed by atoms with Crippen molar-refractivity contribution in [1.29, 1.82) is 0 Å². The highest BCUT2D eigenvalue weighted by atomic mass is 35.5. The lowest BCUT2D eigenvalue weighted by atomic mass is 10.2. The molecule has 2 aromatic rings. The molecule has 6 heteroatoms. The van der Waals surface area contributed by atoms with E-state index in [1.807, 2.05) is 0 Å². The second-order valence-corrected chi connectivity index (χ2v) is 3.94. The summed E-state index contributed by atoms with van der Waals surface area (Å²) < 4.78 is 15.0. The second-order valence-electron chi connectivity index (χ2n) is 3.26. The average molecular weight is 260 g/mol. The predicted molar refractivity (Wildman–Crippen MR) is 61.0 cm³/mol. The highest BCUT2D eigenvalue weighted by molar-refractivity contribution is 6.30. The van der Waals surface area contributed by atoms with Crippen LogP contribution in [-0.2, 0) is 12.9 Å². The van der Waals surface area contributed by atoms with Gasteiger partial charge in [-0.1, -0.05) is 11.6 Å². The molecule has 0 amide bonds. The largest absolute Gasteiger partial charge is 0.313 e. The Labute approximate surface area is 102 Å². The van der Waals surface area contributed by atoms with Crippen LogP contribution in [0.15, 0.2) is 18.2 Å². The molecule has 0 N–H and O–H groups in total. The Bertz CT molecular complexity index is 525. The van der Waals surface area contributed by atoms with Crippen LogP contribution in [0.2, 0.25) is 5.02 Å². The lowest BCUT2D eigenvalue weighted by Crippen LogP contribution is -1.97. The van der Waals surface area contributed by atoms with Gasteiger partial charge in [-0.3, -0.25) is 0 Å². The molecule has 0 aliphatic rings. The summed E-state index contributed by atoms with van der Waals surface area (Å²) in [7, 11) is 1.78. The molecule has 0 aliphatic carbocycles. The number of benzene rings is 1. The number of rotatable bonds is 2. The first kappa shape index (κ1) is 11.4. The fourth-order valence-corrected chi connectivity index (χ4v) is 1.71. The minimum absolute atomic E-state index is 0.0866. The van der Waals surface area contributed by atoms with E-state index in [1.165, 1.54) is 12.1 Å². The molecule has 0 atom stereocenters. The number of nitrogens with zero attached hydrogens (tertiary/aromatic N) is 3. The highest BCUT2D eigenvalue weighted by Gasteiger charge is 2.11. The van der Waals surface area contributed by atoms with Crippen LogP contribution in [0.25, 0.3) is 11.4 Å². The molecular formula is C10H8Cl2FN3. The van der Waals surface area contributed by atoms with Crippen molar-refractivity contribution in [2.45, 2.75) is 5.88 Å². The summed E-state index contributed by atoms with van der Waals surface area (Å²) in [5.41, 5.74) is 0.619. The van der Waals surface area contributed by atoms with E-state index >= 15 is 0 Å². The van der Waals surface area contributed by atoms with Gasteiger partial charge in [-0.25, -0.2) is 4.39 Å². The molecule has 3 nitrogen and oxygen atoms in total. The third-order valence-corrected chi connectivity index (χ3v) is 2.81. The standard InChI is InChI=1S/C10H8Cl2FN3/c1-16-9(5-11)14-15-10(16)6-2-3-7(12)8(13)4-6/h2-4H,5H2,1H3. The number of aromatic nitrogens is 3. The summed E-state index contributed by atoms with van der Waals surface area (Å²) in [6, 6.07) is 4.50. The van der Waals surface area contributed by atoms with E-state index in [-0.39, 0.29) is 10.9 Å². The van der Waals surface area contributed by atoms with E-state index < -0.39 is 5.82 Å². The second kappa shape index (κ2) is 4.39. The van der Waals surface area contributed by atoms with E-state index in [2.05, 4.69) is 10.2 Å². The predicted octanol–water partition coefficient (Wildman–Crippen LogP) is 3.01. The maximum atomic E-state index is 13.3. The quantitative estimate of drug-likeness (QED) is 0.777. The van der Waals surface area contributed by atoms with Gasteiger partial charge in [0, 0.05) is 12.6 Å². The third-order valence-electron chi connectivity index (χ3n) is 2.26. The van der Waals surface area contributed by atoms with Gasteiger partial charge in [-0.05, 0) is 18.2 Å². The Morgan fingerprint density at radius 3 is 2.69 bits per heavy atom. The fourth-order valence-electron chi connectivity index (χ4n) is 1.36. The molecule has 0 bridgehead atoms. The average Bonchev–Trinajstić information content (AvgIpc) is 2.64. The zero-order valence-electron chi connectivity index (χ0n) is 8.41. The van der Waals surface area contributed by atoms with Crippen molar-refractivity contribution in [2.24, 2.45) is 7.05 Å². The molecule has 16 heavy (non-hydrogen) atoms. The summed E-state index contributed by atoms with van der Waals surface area (Å²) in [5, 5.41) is 7.92. The molecule has 2 rings (SSSR count). The Hall–Kier alpha value is -1.13. The van der Waals surface area contributed by atoms with E-state index in [0.717, 1.165) is 0 Å². The lowest BCUT2D eigenvalue weighted by molar-refractivity contribution is 0.628. The van der Waals surface area contributed by atoms with Gasteiger partial charge >= 0.3 is 0 Å². The summed E-state index contributed by atoms with van der Waals surface area (Å²) in [6.07, 6.45) is 0. The van der Waals surface area contributed by atoms with Gasteiger partial charge in [0.2, 0.25) is 0 Å². The van der Waals surface area contributed by atoms with Gasteiger partial charge in [0.05, 0.1) is 10.9 Å². The van der Waals surface area contributed by atoms with E-state index in [4.69, 9.17) is 23.2 Å².